The molecular weight excluding hydrogens is 545 g/mol. The van der Waals surface area contributed by atoms with Crippen LogP contribution >= 0.6 is 0 Å². The molecule has 5 rings (SSSR count). The fourth-order valence-corrected chi connectivity index (χ4v) is 5.25. The number of carbonyl (C=O) groups is 2. The van der Waals surface area contributed by atoms with Gasteiger partial charge in [-0.2, -0.15) is 13.2 Å². The first-order valence-electron chi connectivity index (χ1n) is 13.8. The largest absolute Gasteiger partial charge is 0.466 e. The first-order valence-corrected chi connectivity index (χ1v) is 13.8. The number of aromatic nitrogens is 1. The number of pyridine rings is 1. The van der Waals surface area contributed by atoms with Gasteiger partial charge >= 0.3 is 12.1 Å². The van der Waals surface area contributed by atoms with E-state index in [2.05, 4.69) is 15.2 Å². The number of hydrogen-bond acceptors (Lipinski definition) is 7. The van der Waals surface area contributed by atoms with Gasteiger partial charge in [0.25, 0.3) is 0 Å². The Kier molecular flexibility index (Phi) is 8.36. The Balaban J connectivity index is 1.31. The van der Waals surface area contributed by atoms with E-state index in [1.807, 2.05) is 43.1 Å². The molecule has 7 nitrogen and oxygen atoms in total. The van der Waals surface area contributed by atoms with Gasteiger partial charge in [-0.25, -0.2) is 4.79 Å². The van der Waals surface area contributed by atoms with E-state index in [0.29, 0.717) is 37.3 Å². The molecule has 10 heteroatoms. The van der Waals surface area contributed by atoms with Crippen LogP contribution in [0.15, 0.2) is 54.2 Å². The molecule has 1 aliphatic heterocycles. The summed E-state index contributed by atoms with van der Waals surface area (Å²) in [5, 5.41) is 3.35. The van der Waals surface area contributed by atoms with Crippen LogP contribution in [-0.4, -0.2) is 62.0 Å². The molecule has 0 saturated carbocycles. The molecule has 2 heterocycles. The molecule has 0 bridgehead atoms. The van der Waals surface area contributed by atoms with Gasteiger partial charge in [-0.3, -0.25) is 9.78 Å². The minimum absolute atomic E-state index is 0.0156. The van der Waals surface area contributed by atoms with E-state index in [0.717, 1.165) is 58.9 Å². The molecular formula is C32H33F3N4O3. The number of nitrogens with one attached hydrogen (secondary N) is 1. The van der Waals surface area contributed by atoms with Crippen molar-refractivity contribution in [3.05, 3.63) is 93.3 Å². The quantitative estimate of drug-likeness (QED) is 0.287. The van der Waals surface area contributed by atoms with Crippen molar-refractivity contribution >= 4 is 29.2 Å². The van der Waals surface area contributed by atoms with E-state index in [9.17, 15) is 22.8 Å². The molecule has 220 valence electrons. The van der Waals surface area contributed by atoms with Crippen LogP contribution in [0.2, 0.25) is 0 Å². The summed E-state index contributed by atoms with van der Waals surface area (Å²) in [7, 11) is 3.33. The van der Waals surface area contributed by atoms with Crippen LogP contribution in [0.1, 0.15) is 43.9 Å². The highest BCUT2D eigenvalue weighted by Crippen LogP contribution is 2.34. The molecule has 42 heavy (non-hydrogen) atoms. The number of hydrogen-bond donors (Lipinski definition) is 1. The Labute approximate surface area is 243 Å². The number of piperazine rings is 1. The number of ether oxygens (including phenoxy) is 1. The second kappa shape index (κ2) is 12.0. The number of Topliss-reactive ketones (excluding diaryl/α,β-unsaturated/α-hetero) is 1. The van der Waals surface area contributed by atoms with Gasteiger partial charge in [-0.15, -0.1) is 0 Å². The summed E-state index contributed by atoms with van der Waals surface area (Å²) in [6.45, 7) is 5.10. The summed E-state index contributed by atoms with van der Waals surface area (Å²) in [4.78, 5) is 33.7. The maximum atomic E-state index is 13.8. The summed E-state index contributed by atoms with van der Waals surface area (Å²) in [6.07, 6.45) is -0.650. The van der Waals surface area contributed by atoms with Crippen molar-refractivity contribution in [2.45, 2.75) is 32.5 Å². The number of likely N-dealkylation sites (N-methyl/N-ethyl adjacent to an activating group) is 1. The second-order valence-electron chi connectivity index (χ2n) is 10.9. The molecule has 1 aliphatic carbocycles. The number of rotatable bonds is 8. The average molecular weight is 579 g/mol. The average Bonchev–Trinajstić information content (AvgIpc) is 3.40. The number of aryl methyl sites for hydroxylation is 1. The maximum Gasteiger partial charge on any atom is 0.416 e. The van der Waals surface area contributed by atoms with E-state index in [-0.39, 0.29) is 23.7 Å². The lowest BCUT2D eigenvalue weighted by atomic mass is 9.97. The van der Waals surface area contributed by atoms with Crippen LogP contribution in [-0.2, 0) is 35.1 Å². The molecule has 1 aromatic heterocycles. The van der Waals surface area contributed by atoms with Crippen molar-refractivity contribution < 1.29 is 27.5 Å². The number of anilines is 2. The highest BCUT2D eigenvalue weighted by atomic mass is 19.4. The lowest BCUT2D eigenvalue weighted by molar-refractivity contribution is -0.138. The van der Waals surface area contributed by atoms with E-state index < -0.39 is 11.7 Å². The number of halogens is 3. The second-order valence-corrected chi connectivity index (χ2v) is 10.9. The van der Waals surface area contributed by atoms with Crippen molar-refractivity contribution in [2.24, 2.45) is 0 Å². The topological polar surface area (TPSA) is 74.8 Å². The molecule has 1 N–H and O–H groups in total. The molecule has 0 unspecified atom stereocenters. The van der Waals surface area contributed by atoms with Crippen LogP contribution in [0.25, 0.3) is 6.08 Å². The maximum absolute atomic E-state index is 13.8. The van der Waals surface area contributed by atoms with Crippen LogP contribution in [0.5, 0.6) is 0 Å². The first-order chi connectivity index (χ1) is 20.0. The van der Waals surface area contributed by atoms with Gasteiger partial charge in [0.2, 0.25) is 0 Å². The Bertz CT molecular complexity index is 1540. The fourth-order valence-electron chi connectivity index (χ4n) is 5.25. The van der Waals surface area contributed by atoms with Crippen molar-refractivity contribution in [1.82, 2.24) is 9.88 Å². The lowest BCUT2D eigenvalue weighted by Crippen LogP contribution is -2.44. The van der Waals surface area contributed by atoms with Crippen molar-refractivity contribution in [1.29, 1.82) is 0 Å². The number of fused-ring (bicyclic) bond motifs is 1. The third-order valence-corrected chi connectivity index (χ3v) is 7.84. The number of carbonyl (C=O) groups excluding carboxylic acids is 2. The molecule has 1 saturated heterocycles. The van der Waals surface area contributed by atoms with Crippen molar-refractivity contribution in [3.63, 3.8) is 0 Å². The minimum atomic E-state index is -4.55. The normalized spacial score (nSPS) is 15.3. The van der Waals surface area contributed by atoms with E-state index in [4.69, 9.17) is 4.74 Å². The zero-order valence-corrected chi connectivity index (χ0v) is 23.8. The predicted molar refractivity (Wildman–Crippen MR) is 156 cm³/mol. The van der Waals surface area contributed by atoms with E-state index >= 15 is 0 Å². The summed E-state index contributed by atoms with van der Waals surface area (Å²) in [6, 6.07) is 11.3. The van der Waals surface area contributed by atoms with Gasteiger partial charge in [0.15, 0.2) is 5.78 Å². The molecule has 0 radical (unpaired) electrons. The first kappa shape index (κ1) is 29.3. The van der Waals surface area contributed by atoms with Crippen molar-refractivity contribution in [2.75, 3.05) is 50.6 Å². The molecule has 2 aliphatic rings. The molecule has 0 atom stereocenters. The van der Waals surface area contributed by atoms with Gasteiger partial charge in [0, 0.05) is 62.4 Å². The van der Waals surface area contributed by atoms with Crippen LogP contribution < -0.4 is 10.2 Å². The number of esters is 1. The molecule has 3 aromatic rings. The van der Waals surface area contributed by atoms with Gasteiger partial charge in [-0.05, 0) is 66.6 Å². The number of alkyl halides is 3. The molecule has 1 fully saturated rings. The summed E-state index contributed by atoms with van der Waals surface area (Å²) < 4.78 is 46.1. The number of ketones is 1. The van der Waals surface area contributed by atoms with Gasteiger partial charge < -0.3 is 19.9 Å². The SMILES string of the molecule is COC(=O)C1=Cc2cc(NCc3cc(CC(=O)c4cc(N5CCN(C)CC5)cc(C(F)(F)F)c4)ccc3C)cnc2C1. The minimum Gasteiger partial charge on any atom is -0.466 e. The smallest absolute Gasteiger partial charge is 0.416 e. The summed E-state index contributed by atoms with van der Waals surface area (Å²) in [5.74, 6) is -0.736. The monoisotopic (exact) mass is 578 g/mol. The zero-order chi connectivity index (χ0) is 30.0. The molecule has 0 amide bonds. The fraction of sp³-hybridized carbons (Fsp3) is 0.344. The number of methoxy groups -OCH3 is 1. The summed E-state index contributed by atoms with van der Waals surface area (Å²) >= 11 is 0. The van der Waals surface area contributed by atoms with Gasteiger partial charge in [0.1, 0.15) is 0 Å². The standard InChI is InChI=1S/C32H33F3N4O3/c1-20-4-5-21(10-25(20)18-36-27-14-22-12-24(31(41)42-3)16-29(22)37-19-27)11-30(40)23-13-26(32(33,34)35)17-28(15-23)39-8-6-38(2)7-9-39/h4-5,10,12-15,17,19,36H,6-9,11,16,18H2,1-3H3. The summed E-state index contributed by atoms with van der Waals surface area (Å²) in [5.41, 5.74) is 5.35. The zero-order valence-electron chi connectivity index (χ0n) is 23.8. The van der Waals surface area contributed by atoms with E-state index in [1.165, 1.54) is 7.11 Å². The highest BCUT2D eigenvalue weighted by molar-refractivity contribution is 5.99. The van der Waals surface area contributed by atoms with Gasteiger partial charge in [-0.1, -0.05) is 18.2 Å². The van der Waals surface area contributed by atoms with Crippen molar-refractivity contribution in [3.8, 4) is 0 Å². The lowest BCUT2D eigenvalue weighted by Gasteiger charge is -2.34. The Hall–Kier alpha value is -4.18. The number of benzene rings is 2. The van der Waals surface area contributed by atoms with Crippen LogP contribution in [0.3, 0.4) is 0 Å². The third kappa shape index (κ3) is 6.65. The number of nitrogens with zero attached hydrogens (tertiary/aromatic N) is 3. The van der Waals surface area contributed by atoms with E-state index in [1.54, 1.807) is 18.3 Å². The Morgan fingerprint density at radius 3 is 2.52 bits per heavy atom. The Morgan fingerprint density at radius 2 is 1.81 bits per heavy atom. The predicted octanol–water partition coefficient (Wildman–Crippen LogP) is 5.31. The van der Waals surface area contributed by atoms with Gasteiger partial charge in [0.05, 0.1) is 30.3 Å². The highest BCUT2D eigenvalue weighted by Gasteiger charge is 2.32. The van der Waals surface area contributed by atoms with Crippen LogP contribution in [0, 0.1) is 6.92 Å². The van der Waals surface area contributed by atoms with Crippen LogP contribution in [0.4, 0.5) is 24.5 Å². The third-order valence-electron chi connectivity index (χ3n) is 7.84. The molecule has 0 spiro atoms. The molecule has 2 aromatic carbocycles. The Morgan fingerprint density at radius 1 is 1.05 bits per heavy atom.